The minimum atomic E-state index is -4.61. The summed E-state index contributed by atoms with van der Waals surface area (Å²) >= 11 is 0. The summed E-state index contributed by atoms with van der Waals surface area (Å²) in [4.78, 5) is 12.1. The van der Waals surface area contributed by atoms with Gasteiger partial charge in [-0.25, -0.2) is 9.97 Å². The molecule has 1 saturated heterocycles. The van der Waals surface area contributed by atoms with Crippen LogP contribution < -0.4 is 4.90 Å². The Kier molecular flexibility index (Phi) is 5.63. The molecule has 1 aliphatic heterocycles. The molecule has 2 rings (SSSR count). The number of hydrogen-bond donors (Lipinski definition) is 1. The summed E-state index contributed by atoms with van der Waals surface area (Å²) in [5, 5.41) is 9.15. The second-order valence-electron chi connectivity index (χ2n) is 7.82. The lowest BCUT2D eigenvalue weighted by atomic mass is 9.96. The first kappa shape index (κ1) is 19.9. The highest BCUT2D eigenvalue weighted by atomic mass is 19.4. The third kappa shape index (κ3) is 4.41. The van der Waals surface area contributed by atoms with Crippen molar-refractivity contribution in [1.29, 1.82) is 0 Å². The topological polar surface area (TPSA) is 52.5 Å². The highest BCUT2D eigenvalue weighted by Crippen LogP contribution is 2.33. The molecule has 1 N–H and O–H groups in total. The molecule has 0 aliphatic carbocycles. The van der Waals surface area contributed by atoms with Crippen LogP contribution in [0.1, 0.15) is 45.9 Å². The van der Waals surface area contributed by atoms with Crippen molar-refractivity contribution in [3.8, 4) is 0 Å². The predicted molar refractivity (Wildman–Crippen MR) is 90.3 cm³/mol. The molecule has 1 aliphatic rings. The van der Waals surface area contributed by atoms with E-state index >= 15 is 0 Å². The number of nitrogens with zero attached hydrogens (tertiary/aromatic N) is 4. The van der Waals surface area contributed by atoms with Crippen molar-refractivity contribution in [1.82, 2.24) is 14.9 Å². The van der Waals surface area contributed by atoms with Gasteiger partial charge in [-0.2, -0.15) is 13.2 Å². The van der Waals surface area contributed by atoms with Crippen LogP contribution in [-0.4, -0.2) is 51.2 Å². The monoisotopic (exact) mass is 360 g/mol. The normalized spacial score (nSPS) is 20.4. The van der Waals surface area contributed by atoms with Crippen LogP contribution in [0.4, 0.5) is 19.1 Å². The number of hydrogen-bond acceptors (Lipinski definition) is 5. The Morgan fingerprint density at radius 2 is 1.88 bits per heavy atom. The molecule has 8 heteroatoms. The first-order chi connectivity index (χ1) is 11.4. The lowest BCUT2D eigenvalue weighted by molar-refractivity contribution is -0.142. The number of aliphatic hydroxyl groups is 1. The molecule has 25 heavy (non-hydrogen) atoms. The van der Waals surface area contributed by atoms with Gasteiger partial charge >= 0.3 is 6.18 Å². The van der Waals surface area contributed by atoms with Crippen molar-refractivity contribution in [2.75, 3.05) is 24.5 Å². The van der Waals surface area contributed by atoms with Crippen LogP contribution in [0.15, 0.2) is 6.20 Å². The highest BCUT2D eigenvalue weighted by molar-refractivity contribution is 5.37. The number of anilines is 1. The van der Waals surface area contributed by atoms with Gasteiger partial charge < -0.3 is 10.0 Å². The van der Waals surface area contributed by atoms with Gasteiger partial charge in [0.05, 0.1) is 6.61 Å². The van der Waals surface area contributed by atoms with Crippen LogP contribution in [0.5, 0.6) is 0 Å². The third-order valence-corrected chi connectivity index (χ3v) is 4.68. The molecule has 1 atom stereocenters. The number of halogens is 3. The smallest absolute Gasteiger partial charge is 0.392 e. The van der Waals surface area contributed by atoms with Gasteiger partial charge in [-0.05, 0) is 26.7 Å². The molecular formula is C17H27F3N4O. The fraction of sp³-hybridized carbons (Fsp3) is 0.765. The van der Waals surface area contributed by atoms with Gasteiger partial charge in [0, 0.05) is 43.0 Å². The summed E-state index contributed by atoms with van der Waals surface area (Å²) in [6, 6.07) is 0.0223. The minimum Gasteiger partial charge on any atom is -0.392 e. The Morgan fingerprint density at radius 3 is 2.36 bits per heavy atom. The Balaban J connectivity index is 2.37. The summed E-state index contributed by atoms with van der Waals surface area (Å²) < 4.78 is 39.7. The zero-order chi connectivity index (χ0) is 19.0. The van der Waals surface area contributed by atoms with Crippen LogP contribution in [0.3, 0.4) is 0 Å². The SMILES string of the molecule is CC(C)[C@@H]1CN(C(C)(C)C)CCN1c1ncc(CO)c(C(F)(F)F)n1. The predicted octanol–water partition coefficient (Wildman–Crippen LogP) is 2.93. The quantitative estimate of drug-likeness (QED) is 0.898. The Hall–Kier alpha value is -1.41. The van der Waals surface area contributed by atoms with Gasteiger partial charge in [0.25, 0.3) is 0 Å². The number of aliphatic hydroxyl groups excluding tert-OH is 1. The Bertz CT molecular complexity index is 599. The summed E-state index contributed by atoms with van der Waals surface area (Å²) in [6.45, 7) is 11.8. The van der Waals surface area contributed by atoms with Crippen molar-refractivity contribution >= 4 is 5.95 Å². The van der Waals surface area contributed by atoms with E-state index in [9.17, 15) is 13.2 Å². The van der Waals surface area contributed by atoms with Gasteiger partial charge in [0.1, 0.15) is 0 Å². The van der Waals surface area contributed by atoms with E-state index in [0.29, 0.717) is 6.54 Å². The minimum absolute atomic E-state index is 0.00202. The maximum Gasteiger partial charge on any atom is 0.433 e. The molecule has 0 aromatic carbocycles. The summed E-state index contributed by atoms with van der Waals surface area (Å²) in [5.74, 6) is 0.317. The second kappa shape index (κ2) is 7.07. The molecule has 0 spiro atoms. The number of alkyl halides is 3. The fourth-order valence-electron chi connectivity index (χ4n) is 3.14. The van der Waals surface area contributed by atoms with Crippen molar-refractivity contribution < 1.29 is 18.3 Å². The summed E-state index contributed by atoms with van der Waals surface area (Å²) in [7, 11) is 0. The molecule has 0 unspecified atom stereocenters. The van der Waals surface area contributed by atoms with E-state index in [4.69, 9.17) is 5.11 Å². The maximum absolute atomic E-state index is 13.2. The zero-order valence-electron chi connectivity index (χ0n) is 15.4. The molecule has 1 aromatic rings. The molecule has 5 nitrogen and oxygen atoms in total. The fourth-order valence-corrected chi connectivity index (χ4v) is 3.14. The van der Waals surface area contributed by atoms with E-state index in [1.807, 2.05) is 4.90 Å². The zero-order valence-corrected chi connectivity index (χ0v) is 15.4. The number of rotatable bonds is 3. The lowest BCUT2D eigenvalue weighted by Gasteiger charge is -2.48. The molecule has 142 valence electrons. The molecule has 0 saturated carbocycles. The van der Waals surface area contributed by atoms with Crippen LogP contribution in [0.25, 0.3) is 0 Å². The van der Waals surface area contributed by atoms with Crippen molar-refractivity contribution in [3.63, 3.8) is 0 Å². The molecular weight excluding hydrogens is 333 g/mol. The average Bonchev–Trinajstić information content (AvgIpc) is 2.52. The number of piperazine rings is 1. The molecule has 0 radical (unpaired) electrons. The molecule has 1 fully saturated rings. The van der Waals surface area contributed by atoms with Gasteiger partial charge in [-0.3, -0.25) is 4.90 Å². The van der Waals surface area contributed by atoms with Crippen molar-refractivity contribution in [3.05, 3.63) is 17.5 Å². The number of aromatic nitrogens is 2. The van der Waals surface area contributed by atoms with Gasteiger partial charge in [0.15, 0.2) is 5.69 Å². The first-order valence-electron chi connectivity index (χ1n) is 8.50. The van der Waals surface area contributed by atoms with E-state index in [-0.39, 0.29) is 29.0 Å². The average molecular weight is 360 g/mol. The molecule has 0 amide bonds. The van der Waals surface area contributed by atoms with Gasteiger partial charge in [0.2, 0.25) is 5.95 Å². The van der Waals surface area contributed by atoms with Crippen molar-refractivity contribution in [2.24, 2.45) is 5.92 Å². The largest absolute Gasteiger partial charge is 0.433 e. The Labute approximate surface area is 146 Å². The lowest BCUT2D eigenvalue weighted by Crippen LogP contribution is -2.60. The van der Waals surface area contributed by atoms with E-state index in [2.05, 4.69) is 49.5 Å². The van der Waals surface area contributed by atoms with E-state index in [1.165, 1.54) is 0 Å². The first-order valence-corrected chi connectivity index (χ1v) is 8.50. The molecule has 2 heterocycles. The molecule has 1 aromatic heterocycles. The maximum atomic E-state index is 13.2. The standard InChI is InChI=1S/C17H27F3N4O/c1-11(2)13-9-23(16(3,4)5)6-7-24(13)15-21-8-12(10-25)14(22-15)17(18,19)20/h8,11,13,25H,6-7,9-10H2,1-5H3/t13-/m0/s1. The van der Waals surface area contributed by atoms with Crippen LogP contribution in [0.2, 0.25) is 0 Å². The van der Waals surface area contributed by atoms with Gasteiger partial charge in [-0.1, -0.05) is 13.8 Å². The van der Waals surface area contributed by atoms with E-state index in [1.54, 1.807) is 0 Å². The van der Waals surface area contributed by atoms with E-state index in [0.717, 1.165) is 19.3 Å². The van der Waals surface area contributed by atoms with Crippen LogP contribution in [-0.2, 0) is 12.8 Å². The van der Waals surface area contributed by atoms with Gasteiger partial charge in [-0.15, -0.1) is 0 Å². The molecule has 0 bridgehead atoms. The second-order valence-corrected chi connectivity index (χ2v) is 7.82. The van der Waals surface area contributed by atoms with Crippen LogP contribution in [0, 0.1) is 5.92 Å². The highest BCUT2D eigenvalue weighted by Gasteiger charge is 2.39. The Morgan fingerprint density at radius 1 is 1.24 bits per heavy atom. The third-order valence-electron chi connectivity index (χ3n) is 4.68. The summed E-state index contributed by atoms with van der Waals surface area (Å²) in [6.07, 6.45) is -3.53. The van der Waals surface area contributed by atoms with Crippen LogP contribution >= 0.6 is 0 Å². The van der Waals surface area contributed by atoms with E-state index < -0.39 is 18.5 Å². The van der Waals surface area contributed by atoms with Crippen molar-refractivity contribution in [2.45, 2.75) is 59.0 Å². The summed E-state index contributed by atoms with van der Waals surface area (Å²) in [5.41, 5.74) is -1.36.